The third kappa shape index (κ3) is 10.6. The maximum absolute atomic E-state index is 12.4. The van der Waals surface area contributed by atoms with Crippen LogP contribution in [0.25, 0.3) is 11.0 Å². The molecule has 0 bridgehead atoms. The molecular weight excluding hydrogens is 772 g/mol. The van der Waals surface area contributed by atoms with Gasteiger partial charge in [-0.2, -0.15) is 5.26 Å². The van der Waals surface area contributed by atoms with Gasteiger partial charge in [0.15, 0.2) is 0 Å². The molecule has 4 aliphatic rings. The van der Waals surface area contributed by atoms with Gasteiger partial charge in [-0.15, -0.1) is 0 Å². The quantitative estimate of drug-likeness (QED) is 0.212. The molecule has 56 heavy (non-hydrogen) atoms. The van der Waals surface area contributed by atoms with Gasteiger partial charge in [0.05, 0.1) is 22.4 Å². The topological polar surface area (TPSA) is 165 Å². The van der Waals surface area contributed by atoms with Crippen molar-refractivity contribution in [2.45, 2.75) is 137 Å². The van der Waals surface area contributed by atoms with Crippen molar-refractivity contribution in [2.24, 2.45) is 10.8 Å². The predicted octanol–water partition coefficient (Wildman–Crippen LogP) is 9.67. The lowest BCUT2D eigenvalue weighted by Crippen LogP contribution is -2.47. The van der Waals surface area contributed by atoms with Gasteiger partial charge in [-0.05, 0) is 139 Å². The van der Waals surface area contributed by atoms with Crippen LogP contribution in [0.3, 0.4) is 0 Å². The number of fused-ring (bicyclic) bond motifs is 1. The summed E-state index contributed by atoms with van der Waals surface area (Å²) < 4.78 is 13.2. The third-order valence-corrected chi connectivity index (χ3v) is 11.3. The Morgan fingerprint density at radius 1 is 0.875 bits per heavy atom. The number of nitriles is 1. The number of nitrogens with one attached hydrogen (secondary N) is 1. The summed E-state index contributed by atoms with van der Waals surface area (Å²) in [5.74, 6) is 0.597. The van der Waals surface area contributed by atoms with Crippen molar-refractivity contribution >= 4 is 56.5 Å². The molecule has 0 radical (unpaired) electrons. The zero-order valence-corrected chi connectivity index (χ0v) is 35.6. The Labute approximate surface area is 342 Å². The number of ether oxygens (including phenoxy) is 2. The summed E-state index contributed by atoms with van der Waals surface area (Å²) in [6, 6.07) is 13.5. The maximum Gasteiger partial charge on any atom is 0.410 e. The second kappa shape index (κ2) is 17.5. The summed E-state index contributed by atoms with van der Waals surface area (Å²) in [6.45, 7) is 18.9. The van der Waals surface area contributed by atoms with Crippen LogP contribution in [0.4, 0.5) is 26.9 Å². The number of hydrogen-bond acceptors (Lipinski definition) is 9. The number of halogens is 1. The van der Waals surface area contributed by atoms with E-state index in [0.29, 0.717) is 18.0 Å². The fourth-order valence-electron chi connectivity index (χ4n) is 8.66. The zero-order valence-electron chi connectivity index (χ0n) is 34.0. The van der Waals surface area contributed by atoms with Crippen LogP contribution in [0.15, 0.2) is 36.4 Å². The van der Waals surface area contributed by atoms with E-state index in [1.54, 1.807) is 4.98 Å². The van der Waals surface area contributed by atoms with Crippen molar-refractivity contribution in [3.8, 4) is 4.98 Å². The fourth-order valence-corrected chi connectivity index (χ4v) is 8.66. The lowest BCUT2D eigenvalue weighted by Gasteiger charge is -2.46. The Bertz CT molecular complexity index is 1880. The van der Waals surface area contributed by atoms with Gasteiger partial charge in [0, 0.05) is 54.2 Å². The van der Waals surface area contributed by atoms with Crippen LogP contribution in [0.2, 0.25) is 0 Å². The van der Waals surface area contributed by atoms with Gasteiger partial charge in [0.2, 0.25) is 5.95 Å². The van der Waals surface area contributed by atoms with E-state index in [1.807, 2.05) is 51.3 Å². The Balaban J connectivity index is 0.000000229. The molecule has 3 heterocycles. The summed E-state index contributed by atoms with van der Waals surface area (Å²) in [5.41, 5.74) is 18.5. The molecule has 3 aromatic rings. The molecule has 4 fully saturated rings. The number of likely N-dealkylation sites (tertiary alicyclic amines) is 2. The van der Waals surface area contributed by atoms with Crippen molar-refractivity contribution < 1.29 is 19.1 Å². The number of carbonyl (C=O) groups is 2. The second-order valence-electron chi connectivity index (χ2n) is 18.0. The molecule has 2 aliphatic carbocycles. The van der Waals surface area contributed by atoms with Gasteiger partial charge < -0.3 is 40.6 Å². The van der Waals surface area contributed by atoms with E-state index in [9.17, 15) is 9.59 Å². The highest BCUT2D eigenvalue weighted by atomic mass is 79.9. The highest BCUT2D eigenvalue weighted by Crippen LogP contribution is 2.55. The molecule has 2 saturated heterocycles. The van der Waals surface area contributed by atoms with E-state index < -0.39 is 11.2 Å². The van der Waals surface area contributed by atoms with Gasteiger partial charge in [-0.25, -0.2) is 14.6 Å². The Morgan fingerprint density at radius 2 is 1.36 bits per heavy atom. The first kappa shape index (κ1) is 44.5. The molecule has 2 amide bonds. The molecule has 5 N–H and O–H groups in total. The molecule has 2 saturated carbocycles. The molecule has 2 aromatic carbocycles. The number of nitrogens with zero attached hydrogens (tertiary/aromatic N) is 5. The van der Waals surface area contributed by atoms with E-state index in [-0.39, 0.29) is 30.4 Å². The number of amides is 2. The standard InChI is InChI=1S/C21H30N4O2.C20H31N3O2.CBrN.CH4/c1-5-14-6-7-17-16(10-14)23-18(22)25(17)15-11-21(12-15)8-9-24(13-21)19(26)27-20(2,3)4;1-5-14-6-7-17(16(21)10-14)22-15-11-20(12-15)8-9-23(13-20)18(24)25-19(2,3)4;2-1-3;/h6-7,10,15H,5,8-9,11-13H2,1-4H3,(H2,22,23);6-7,10,15,22H,5,8-9,11-13,21H2,1-4H3;;1H4. The summed E-state index contributed by atoms with van der Waals surface area (Å²) in [6.07, 6.45) is 7.97. The monoisotopic (exact) mass is 836 g/mol. The average molecular weight is 838 g/mol. The highest BCUT2D eigenvalue weighted by Gasteiger charge is 2.52. The largest absolute Gasteiger partial charge is 0.444 e. The SMILES string of the molecule is C.CCc1ccc(NC2CC3(CCN(C(=O)OC(C)(C)C)C3)C2)c(N)c1.CCc1ccc2c(c1)nc(N)n2C1CC2(CCN(C(=O)OC(C)(C)C)C2)C1.N#CBr. The van der Waals surface area contributed by atoms with E-state index in [0.717, 1.165) is 100.0 Å². The van der Waals surface area contributed by atoms with Gasteiger partial charge in [-0.1, -0.05) is 33.4 Å². The van der Waals surface area contributed by atoms with E-state index in [2.05, 4.69) is 81.0 Å². The lowest BCUT2D eigenvalue weighted by atomic mass is 9.65. The van der Waals surface area contributed by atoms with Crippen LogP contribution < -0.4 is 16.8 Å². The van der Waals surface area contributed by atoms with Crippen molar-refractivity contribution in [1.82, 2.24) is 19.4 Å². The number of nitrogen functional groups attached to an aromatic ring is 2. The van der Waals surface area contributed by atoms with Crippen molar-refractivity contribution in [3.05, 3.63) is 47.5 Å². The Hall–Kier alpha value is -4.18. The number of aromatic nitrogens is 2. The molecule has 2 aliphatic heterocycles. The van der Waals surface area contributed by atoms with Gasteiger partial charge in [0.25, 0.3) is 0 Å². The van der Waals surface area contributed by atoms with Gasteiger partial charge in [-0.3, -0.25) is 0 Å². The van der Waals surface area contributed by atoms with Crippen LogP contribution in [-0.2, 0) is 22.3 Å². The molecule has 308 valence electrons. The number of benzene rings is 2. The normalized spacial score (nSPS) is 23.8. The summed E-state index contributed by atoms with van der Waals surface area (Å²) >= 11 is 2.45. The first-order chi connectivity index (χ1) is 25.8. The average Bonchev–Trinajstić information content (AvgIpc) is 3.79. The van der Waals surface area contributed by atoms with Crippen LogP contribution in [-0.4, -0.2) is 75.0 Å². The van der Waals surface area contributed by atoms with Crippen LogP contribution in [0.1, 0.15) is 119 Å². The molecule has 0 unspecified atom stereocenters. The first-order valence-electron chi connectivity index (χ1n) is 19.7. The second-order valence-corrected chi connectivity index (χ2v) is 18.3. The summed E-state index contributed by atoms with van der Waals surface area (Å²) in [4.78, 5) is 34.5. The Kier molecular flexibility index (Phi) is 13.9. The minimum atomic E-state index is -0.448. The number of carbonyl (C=O) groups excluding carboxylic acids is 2. The highest BCUT2D eigenvalue weighted by molar-refractivity contribution is 9.12. The van der Waals surface area contributed by atoms with Crippen molar-refractivity contribution in [2.75, 3.05) is 43.0 Å². The number of hydrogen-bond donors (Lipinski definition) is 3. The third-order valence-electron chi connectivity index (χ3n) is 11.3. The van der Waals surface area contributed by atoms with Crippen molar-refractivity contribution in [3.63, 3.8) is 0 Å². The van der Waals surface area contributed by atoms with Crippen molar-refractivity contribution in [1.29, 1.82) is 5.26 Å². The van der Waals surface area contributed by atoms with E-state index in [4.69, 9.17) is 26.2 Å². The molecular formula is C43H65BrN8O4. The molecule has 1 aromatic heterocycles. The number of anilines is 3. The van der Waals surface area contributed by atoms with Crippen LogP contribution >= 0.6 is 15.9 Å². The zero-order chi connectivity index (χ0) is 40.3. The number of rotatable bonds is 5. The molecule has 0 atom stereocenters. The number of nitrogens with two attached hydrogens (primary N) is 2. The maximum atomic E-state index is 12.4. The fraction of sp³-hybridized carbons (Fsp3) is 0.628. The smallest absolute Gasteiger partial charge is 0.410 e. The molecule has 7 rings (SSSR count). The predicted molar refractivity (Wildman–Crippen MR) is 230 cm³/mol. The summed E-state index contributed by atoms with van der Waals surface area (Å²) in [5, 5.41) is 10.8. The van der Waals surface area contributed by atoms with E-state index >= 15 is 0 Å². The minimum Gasteiger partial charge on any atom is -0.444 e. The molecule has 12 nitrogen and oxygen atoms in total. The first-order valence-corrected chi connectivity index (χ1v) is 20.5. The summed E-state index contributed by atoms with van der Waals surface area (Å²) in [7, 11) is 0. The molecule has 13 heteroatoms. The molecule has 2 spiro atoms. The Morgan fingerprint density at radius 3 is 1.84 bits per heavy atom. The van der Waals surface area contributed by atoms with Crippen LogP contribution in [0.5, 0.6) is 0 Å². The lowest BCUT2D eigenvalue weighted by molar-refractivity contribution is 0.0198. The minimum absolute atomic E-state index is 0. The van der Waals surface area contributed by atoms with Gasteiger partial charge >= 0.3 is 12.2 Å². The number of imidazole rings is 1. The van der Waals surface area contributed by atoms with E-state index in [1.165, 1.54) is 11.1 Å². The van der Waals surface area contributed by atoms with Crippen LogP contribution in [0, 0.1) is 21.1 Å². The van der Waals surface area contributed by atoms with Gasteiger partial charge in [0.1, 0.15) is 16.2 Å². The number of aryl methyl sites for hydroxylation is 2.